The summed E-state index contributed by atoms with van der Waals surface area (Å²) in [5.74, 6) is -2.63. The van der Waals surface area contributed by atoms with E-state index in [0.29, 0.717) is 0 Å². The zero-order chi connectivity index (χ0) is 13.8. The zero-order valence-corrected chi connectivity index (χ0v) is 9.91. The summed E-state index contributed by atoms with van der Waals surface area (Å²) in [5, 5.41) is 20.5. The number of halogens is 2. The van der Waals surface area contributed by atoms with Gasteiger partial charge in [0, 0.05) is 12.1 Å². The van der Waals surface area contributed by atoms with Gasteiger partial charge in [0.25, 0.3) is 0 Å². The number of amides is 1. The number of benzene rings is 1. The van der Waals surface area contributed by atoms with Crippen molar-refractivity contribution in [3.8, 4) is 0 Å². The van der Waals surface area contributed by atoms with Gasteiger partial charge in [-0.25, -0.2) is 8.78 Å². The van der Waals surface area contributed by atoms with Crippen LogP contribution in [0.2, 0.25) is 0 Å². The van der Waals surface area contributed by atoms with Gasteiger partial charge < -0.3 is 15.5 Å². The Morgan fingerprint density at radius 1 is 1.44 bits per heavy atom. The van der Waals surface area contributed by atoms with Crippen LogP contribution in [0.4, 0.5) is 8.78 Å². The quantitative estimate of drug-likeness (QED) is 0.715. The van der Waals surface area contributed by atoms with Crippen molar-refractivity contribution in [3.05, 3.63) is 35.4 Å². The third-order valence-corrected chi connectivity index (χ3v) is 2.39. The van der Waals surface area contributed by atoms with Crippen molar-refractivity contribution in [2.45, 2.75) is 18.9 Å². The SMILES string of the molecule is CC(O)(CO)CNC(=O)Cc1cccc(F)c1F. The van der Waals surface area contributed by atoms with Gasteiger partial charge in [-0.15, -0.1) is 0 Å². The fraction of sp³-hybridized carbons (Fsp3) is 0.417. The molecule has 0 aromatic heterocycles. The van der Waals surface area contributed by atoms with Crippen molar-refractivity contribution in [3.63, 3.8) is 0 Å². The summed E-state index contributed by atoms with van der Waals surface area (Å²) >= 11 is 0. The first kappa shape index (κ1) is 14.5. The van der Waals surface area contributed by atoms with Gasteiger partial charge in [0.05, 0.1) is 13.0 Å². The lowest BCUT2D eigenvalue weighted by Crippen LogP contribution is -2.43. The van der Waals surface area contributed by atoms with Crippen LogP contribution in [-0.2, 0) is 11.2 Å². The van der Waals surface area contributed by atoms with Gasteiger partial charge in [-0.2, -0.15) is 0 Å². The highest BCUT2D eigenvalue weighted by Gasteiger charge is 2.20. The molecular weight excluding hydrogens is 244 g/mol. The summed E-state index contributed by atoms with van der Waals surface area (Å²) in [4.78, 5) is 11.4. The standard InChI is InChI=1S/C12H15F2NO3/c1-12(18,7-16)6-15-10(17)5-8-3-2-4-9(13)11(8)14/h2-4,16,18H,5-7H2,1H3,(H,15,17). The minimum absolute atomic E-state index is 0.0591. The molecule has 18 heavy (non-hydrogen) atoms. The molecule has 0 saturated heterocycles. The lowest BCUT2D eigenvalue weighted by Gasteiger charge is -2.20. The number of nitrogens with one attached hydrogen (secondary N) is 1. The molecule has 0 bridgehead atoms. The summed E-state index contributed by atoms with van der Waals surface area (Å²) in [6.45, 7) is 0.664. The number of hydrogen-bond acceptors (Lipinski definition) is 3. The predicted molar refractivity (Wildman–Crippen MR) is 60.8 cm³/mol. The van der Waals surface area contributed by atoms with E-state index in [-0.39, 0.29) is 18.5 Å². The highest BCUT2D eigenvalue weighted by Crippen LogP contribution is 2.11. The Balaban J connectivity index is 2.58. The number of aliphatic hydroxyl groups excluding tert-OH is 1. The Morgan fingerprint density at radius 2 is 2.11 bits per heavy atom. The Morgan fingerprint density at radius 3 is 2.72 bits per heavy atom. The second-order valence-electron chi connectivity index (χ2n) is 4.32. The summed E-state index contributed by atoms with van der Waals surface area (Å²) in [6.07, 6.45) is -0.328. The normalized spacial score (nSPS) is 14.1. The molecule has 1 amide bonds. The average molecular weight is 259 g/mol. The second kappa shape index (κ2) is 5.88. The first-order valence-corrected chi connectivity index (χ1v) is 5.38. The van der Waals surface area contributed by atoms with Gasteiger partial charge >= 0.3 is 0 Å². The molecule has 1 rings (SSSR count). The molecule has 6 heteroatoms. The van der Waals surface area contributed by atoms with Crippen molar-refractivity contribution in [2.75, 3.05) is 13.2 Å². The molecule has 1 unspecified atom stereocenters. The minimum atomic E-state index is -1.43. The van der Waals surface area contributed by atoms with Crippen molar-refractivity contribution in [2.24, 2.45) is 0 Å². The molecule has 1 aromatic carbocycles. The Hall–Kier alpha value is -1.53. The molecular formula is C12H15F2NO3. The van der Waals surface area contributed by atoms with E-state index >= 15 is 0 Å². The molecule has 0 aliphatic rings. The third kappa shape index (κ3) is 4.05. The van der Waals surface area contributed by atoms with Crippen molar-refractivity contribution in [1.29, 1.82) is 0 Å². The molecule has 0 spiro atoms. The number of carbonyl (C=O) groups is 1. The van der Waals surface area contributed by atoms with Crippen molar-refractivity contribution < 1.29 is 23.8 Å². The van der Waals surface area contributed by atoms with E-state index in [0.717, 1.165) is 6.07 Å². The summed E-state index contributed by atoms with van der Waals surface area (Å²) in [6, 6.07) is 3.58. The molecule has 0 heterocycles. The monoisotopic (exact) mass is 259 g/mol. The van der Waals surface area contributed by atoms with Gasteiger partial charge in [0.1, 0.15) is 5.60 Å². The van der Waals surface area contributed by atoms with Gasteiger partial charge in [-0.1, -0.05) is 12.1 Å². The molecule has 1 aromatic rings. The number of aliphatic hydroxyl groups is 2. The molecule has 0 fully saturated rings. The van der Waals surface area contributed by atoms with Crippen molar-refractivity contribution in [1.82, 2.24) is 5.32 Å². The van der Waals surface area contributed by atoms with Crippen LogP contribution < -0.4 is 5.32 Å². The number of hydrogen-bond donors (Lipinski definition) is 3. The number of rotatable bonds is 5. The Bertz CT molecular complexity index is 435. The molecule has 0 aliphatic carbocycles. The van der Waals surface area contributed by atoms with Gasteiger partial charge in [0.15, 0.2) is 11.6 Å². The Labute approximate surface area is 103 Å². The van der Waals surface area contributed by atoms with E-state index < -0.39 is 29.7 Å². The van der Waals surface area contributed by atoms with Crippen LogP contribution in [0.5, 0.6) is 0 Å². The highest BCUT2D eigenvalue weighted by molar-refractivity contribution is 5.78. The summed E-state index contributed by atoms with van der Waals surface area (Å²) in [5.41, 5.74) is -1.49. The topological polar surface area (TPSA) is 69.6 Å². The van der Waals surface area contributed by atoms with Gasteiger partial charge in [-0.3, -0.25) is 4.79 Å². The van der Waals surface area contributed by atoms with E-state index in [2.05, 4.69) is 5.32 Å². The summed E-state index contributed by atoms with van der Waals surface area (Å²) in [7, 11) is 0. The zero-order valence-electron chi connectivity index (χ0n) is 9.91. The average Bonchev–Trinajstić information content (AvgIpc) is 2.33. The van der Waals surface area contributed by atoms with E-state index in [1.807, 2.05) is 0 Å². The third-order valence-electron chi connectivity index (χ3n) is 2.39. The van der Waals surface area contributed by atoms with Crippen LogP contribution in [0.25, 0.3) is 0 Å². The van der Waals surface area contributed by atoms with E-state index in [1.165, 1.54) is 19.1 Å². The van der Waals surface area contributed by atoms with Crippen LogP contribution in [0.3, 0.4) is 0 Å². The van der Waals surface area contributed by atoms with Crippen LogP contribution >= 0.6 is 0 Å². The van der Waals surface area contributed by atoms with E-state index in [4.69, 9.17) is 5.11 Å². The smallest absolute Gasteiger partial charge is 0.224 e. The maximum atomic E-state index is 13.3. The Kier molecular flexibility index (Phi) is 4.75. The highest BCUT2D eigenvalue weighted by atomic mass is 19.2. The van der Waals surface area contributed by atoms with Crippen LogP contribution in [0, 0.1) is 11.6 Å². The second-order valence-corrected chi connectivity index (χ2v) is 4.32. The molecule has 3 N–H and O–H groups in total. The lowest BCUT2D eigenvalue weighted by atomic mass is 10.1. The van der Waals surface area contributed by atoms with E-state index in [9.17, 15) is 18.7 Å². The fourth-order valence-corrected chi connectivity index (χ4v) is 1.27. The van der Waals surface area contributed by atoms with Crippen LogP contribution in [-0.4, -0.2) is 34.9 Å². The molecule has 4 nitrogen and oxygen atoms in total. The predicted octanol–water partition coefficient (Wildman–Crippen LogP) is 0.367. The molecule has 100 valence electrons. The lowest BCUT2D eigenvalue weighted by molar-refractivity contribution is -0.122. The molecule has 0 radical (unpaired) electrons. The van der Waals surface area contributed by atoms with Crippen LogP contribution in [0.15, 0.2) is 18.2 Å². The molecule has 0 saturated carbocycles. The van der Waals surface area contributed by atoms with E-state index in [1.54, 1.807) is 0 Å². The van der Waals surface area contributed by atoms with Crippen LogP contribution in [0.1, 0.15) is 12.5 Å². The maximum Gasteiger partial charge on any atom is 0.224 e. The maximum absolute atomic E-state index is 13.3. The summed E-state index contributed by atoms with van der Waals surface area (Å²) < 4.78 is 26.1. The number of carbonyl (C=O) groups excluding carboxylic acids is 1. The first-order valence-electron chi connectivity index (χ1n) is 5.38. The van der Waals surface area contributed by atoms with Gasteiger partial charge in [-0.05, 0) is 13.0 Å². The molecule has 1 atom stereocenters. The van der Waals surface area contributed by atoms with Crippen molar-refractivity contribution >= 4 is 5.91 Å². The fourth-order valence-electron chi connectivity index (χ4n) is 1.27. The van der Waals surface area contributed by atoms with Gasteiger partial charge in [0.2, 0.25) is 5.91 Å². The molecule has 0 aliphatic heterocycles. The minimum Gasteiger partial charge on any atom is -0.393 e. The largest absolute Gasteiger partial charge is 0.393 e. The first-order chi connectivity index (χ1) is 8.35.